The summed E-state index contributed by atoms with van der Waals surface area (Å²) in [5.41, 5.74) is 0. The van der Waals surface area contributed by atoms with E-state index in [9.17, 15) is 0 Å². The molecular weight excluding hydrogens is 259 g/mol. The van der Waals surface area contributed by atoms with E-state index in [4.69, 9.17) is 0 Å². The molecule has 0 spiro atoms. The molecule has 8 heavy (non-hydrogen) atoms. The van der Waals surface area contributed by atoms with Crippen molar-refractivity contribution in [2.75, 3.05) is 0 Å². The van der Waals surface area contributed by atoms with Crippen molar-refractivity contribution in [1.29, 1.82) is 0 Å². The van der Waals surface area contributed by atoms with Gasteiger partial charge in [0.2, 0.25) is 0 Å². The van der Waals surface area contributed by atoms with Crippen LogP contribution >= 0.6 is 0 Å². The molecular formula is H12F6Ge2. The summed E-state index contributed by atoms with van der Waals surface area (Å²) in [7, 11) is 0. The minimum atomic E-state index is 0. The summed E-state index contributed by atoms with van der Waals surface area (Å²) >= 11 is 2.50. The molecule has 0 bridgehead atoms. The molecule has 0 aromatic rings. The Hall–Kier alpha value is 0.666. The van der Waals surface area contributed by atoms with Gasteiger partial charge in [0, 0.05) is 0 Å². The molecule has 62 valence electrons. The summed E-state index contributed by atoms with van der Waals surface area (Å²) in [4.78, 5) is 0. The average molecular weight is 271 g/mol. The molecule has 0 fully saturated rings. The van der Waals surface area contributed by atoms with Gasteiger partial charge in [0.05, 0.1) is 0 Å². The Morgan fingerprint density at radius 1 is 0.375 bits per heavy atom. The Kier molecular flexibility index (Phi) is 17600. The van der Waals surface area contributed by atoms with Gasteiger partial charge in [0.25, 0.3) is 0 Å². The van der Waals surface area contributed by atoms with Gasteiger partial charge in [-0.2, -0.15) is 0 Å². The second-order valence-corrected chi connectivity index (χ2v) is 0. The molecule has 0 unspecified atom stereocenters. The standard InChI is InChI=1S/6FH.Ge2H6/c;;;;;;1-2/h6*1H;1-2H3. The van der Waals surface area contributed by atoms with Gasteiger partial charge >= 0.3 is 29.1 Å². The molecule has 0 aromatic heterocycles. The van der Waals surface area contributed by atoms with E-state index in [0.717, 1.165) is 0 Å². The first-order valence-corrected chi connectivity index (χ1v) is 27.0. The molecule has 0 nitrogen and oxygen atoms in total. The van der Waals surface area contributed by atoms with Crippen LogP contribution in [0.3, 0.4) is 0 Å². The fourth-order valence-corrected chi connectivity index (χ4v) is 0. The summed E-state index contributed by atoms with van der Waals surface area (Å²) in [6, 6.07) is 0. The molecule has 0 aromatic carbocycles. The fraction of sp³-hybridized carbons (Fsp3) is 0. The zero-order chi connectivity index (χ0) is 2.00. The van der Waals surface area contributed by atoms with Crippen LogP contribution in [0, 0.1) is 0 Å². The summed E-state index contributed by atoms with van der Waals surface area (Å²) in [5, 5.41) is 0. The second-order valence-electron chi connectivity index (χ2n) is 0. The Bertz CT molecular complexity index is 6.49. The molecule has 0 amide bonds. The van der Waals surface area contributed by atoms with Crippen LogP contribution in [0.2, 0.25) is 0 Å². The predicted octanol–water partition coefficient (Wildman–Crippen LogP) is -1.45. The third-order valence-corrected chi connectivity index (χ3v) is 0. The molecule has 0 rings (SSSR count). The van der Waals surface area contributed by atoms with Gasteiger partial charge in [0.1, 0.15) is 0 Å². The monoisotopic (exact) mass is 274 g/mol. The van der Waals surface area contributed by atoms with Crippen LogP contribution in [0.5, 0.6) is 0 Å². The summed E-state index contributed by atoms with van der Waals surface area (Å²) in [6.07, 6.45) is 0. The molecule has 0 saturated carbocycles. The number of hydrogen-bond acceptors (Lipinski definition) is 0. The van der Waals surface area contributed by atoms with Gasteiger partial charge in [-0.3, -0.25) is 28.2 Å². The summed E-state index contributed by atoms with van der Waals surface area (Å²) < 4.78 is 0. The topological polar surface area (TPSA) is 0 Å². The van der Waals surface area contributed by atoms with Crippen molar-refractivity contribution in [2.45, 2.75) is 0 Å². The average Bonchev–Trinajstić information content (AvgIpc) is 1.00. The molecule has 0 N–H and O–H groups in total. The van der Waals surface area contributed by atoms with Crippen molar-refractivity contribution >= 4 is 29.1 Å². The molecule has 0 aliphatic rings. The SMILES string of the molecule is F.F.F.F.F.F.[GeH3][GeH3]. The van der Waals surface area contributed by atoms with Crippen LogP contribution in [-0.2, 0) is 0 Å². The third-order valence-electron chi connectivity index (χ3n) is 0. The first-order valence-electron chi connectivity index (χ1n) is 1.00. The first kappa shape index (κ1) is 184. The minimum absolute atomic E-state index is 0. The maximum absolute atomic E-state index is 1.25. The van der Waals surface area contributed by atoms with Gasteiger partial charge in [-0.05, 0) is 0 Å². The van der Waals surface area contributed by atoms with Crippen LogP contribution in [0.1, 0.15) is 0 Å². The van der Waals surface area contributed by atoms with E-state index in [1.807, 2.05) is 0 Å². The number of rotatable bonds is 0. The van der Waals surface area contributed by atoms with E-state index in [2.05, 4.69) is 0 Å². The van der Waals surface area contributed by atoms with Crippen molar-refractivity contribution in [3.63, 3.8) is 0 Å². The molecule has 0 heterocycles. The predicted molar refractivity (Wildman–Crippen MR) is 34.9 cm³/mol. The van der Waals surface area contributed by atoms with Gasteiger partial charge in [-0.15, -0.1) is 0 Å². The molecule has 0 aliphatic carbocycles. The van der Waals surface area contributed by atoms with E-state index < -0.39 is 0 Å². The van der Waals surface area contributed by atoms with Crippen molar-refractivity contribution in [3.05, 3.63) is 0 Å². The second kappa shape index (κ2) is 769. The van der Waals surface area contributed by atoms with Crippen molar-refractivity contribution in [3.8, 4) is 0 Å². The molecule has 0 aliphatic heterocycles. The third kappa shape index (κ3) is 483. The zero-order valence-electron chi connectivity index (χ0n) is 4.45. The van der Waals surface area contributed by atoms with Crippen molar-refractivity contribution in [2.24, 2.45) is 0 Å². The Labute approximate surface area is 57.8 Å². The van der Waals surface area contributed by atoms with Crippen molar-refractivity contribution in [1.82, 2.24) is 0 Å². The van der Waals surface area contributed by atoms with E-state index in [-0.39, 0.29) is 28.2 Å². The van der Waals surface area contributed by atoms with Gasteiger partial charge in [-0.25, -0.2) is 0 Å². The van der Waals surface area contributed by atoms with E-state index in [0.29, 0.717) is 0 Å². The van der Waals surface area contributed by atoms with Crippen LogP contribution in [0.25, 0.3) is 0 Å². The van der Waals surface area contributed by atoms with E-state index in [1.54, 1.807) is 0 Å². The Morgan fingerprint density at radius 3 is 0.375 bits per heavy atom. The van der Waals surface area contributed by atoms with Crippen LogP contribution in [0.15, 0.2) is 0 Å². The summed E-state index contributed by atoms with van der Waals surface area (Å²) in [6.45, 7) is 0. The van der Waals surface area contributed by atoms with Crippen LogP contribution in [-0.4, -0.2) is 29.1 Å². The number of hydrogen-bond donors (Lipinski definition) is 0. The molecule has 0 radical (unpaired) electrons. The Morgan fingerprint density at radius 2 is 0.375 bits per heavy atom. The normalized spacial score (nSPS) is 1.50. The fourth-order valence-electron chi connectivity index (χ4n) is 0. The number of halogens is 6. The molecule has 8 heteroatoms. The van der Waals surface area contributed by atoms with Crippen molar-refractivity contribution < 1.29 is 28.2 Å². The molecule has 0 saturated heterocycles. The van der Waals surface area contributed by atoms with E-state index >= 15 is 0 Å². The first-order chi connectivity index (χ1) is 1.00. The van der Waals surface area contributed by atoms with Gasteiger partial charge < -0.3 is 0 Å². The maximum atomic E-state index is 1.25. The van der Waals surface area contributed by atoms with Gasteiger partial charge in [-0.1, -0.05) is 0 Å². The van der Waals surface area contributed by atoms with E-state index in [1.165, 1.54) is 29.1 Å². The molecule has 0 atom stereocenters. The van der Waals surface area contributed by atoms with Crippen LogP contribution < -0.4 is 0 Å². The zero-order valence-corrected chi connectivity index (χ0v) is 12.8. The van der Waals surface area contributed by atoms with Gasteiger partial charge in [0.15, 0.2) is 0 Å². The Balaban J connectivity index is -0.000000000333. The summed E-state index contributed by atoms with van der Waals surface area (Å²) in [5.74, 6) is 0. The van der Waals surface area contributed by atoms with Crippen LogP contribution in [0.4, 0.5) is 28.2 Å². The quantitative estimate of drug-likeness (QED) is 0.373.